The van der Waals surface area contributed by atoms with Crippen LogP contribution in [0.5, 0.6) is 0 Å². The third-order valence-electron chi connectivity index (χ3n) is 11.9. The van der Waals surface area contributed by atoms with E-state index in [9.17, 15) is 14.4 Å². The van der Waals surface area contributed by atoms with E-state index in [2.05, 4.69) is 88.5 Å². The first-order chi connectivity index (χ1) is 29.1. The highest BCUT2D eigenvalue weighted by Gasteiger charge is 2.27. The number of nitrogens with zero attached hydrogens (tertiary/aromatic N) is 7. The van der Waals surface area contributed by atoms with Crippen molar-refractivity contribution in [1.29, 1.82) is 0 Å². The number of carbonyl (C=O) groups excluding carboxylic acids is 3. The van der Waals surface area contributed by atoms with Gasteiger partial charge in [0.15, 0.2) is 0 Å². The molecule has 3 aromatic carbocycles. The number of piperidine rings is 2. The van der Waals surface area contributed by atoms with E-state index in [0.29, 0.717) is 36.8 Å². The summed E-state index contributed by atoms with van der Waals surface area (Å²) < 4.78 is 1.78. The summed E-state index contributed by atoms with van der Waals surface area (Å²) in [4.78, 5) is 53.3. The minimum Gasteiger partial charge on any atom is -0.374 e. The molecule has 14 heteroatoms. The van der Waals surface area contributed by atoms with Crippen molar-refractivity contribution in [2.45, 2.75) is 65.1 Å². The Kier molecular flexibility index (Phi) is 12.4. The Morgan fingerprint density at radius 1 is 0.867 bits per heavy atom. The molecule has 8 rings (SSSR count). The van der Waals surface area contributed by atoms with Crippen molar-refractivity contribution in [2.75, 3.05) is 66.2 Å². The van der Waals surface area contributed by atoms with Gasteiger partial charge in [-0.25, -0.2) is 9.97 Å². The van der Waals surface area contributed by atoms with Gasteiger partial charge >= 0.3 is 0 Å². The van der Waals surface area contributed by atoms with Gasteiger partial charge in [0.2, 0.25) is 17.8 Å². The van der Waals surface area contributed by atoms with Crippen molar-refractivity contribution in [1.82, 2.24) is 35.3 Å². The normalized spacial score (nSPS) is 17.8. The van der Waals surface area contributed by atoms with Crippen molar-refractivity contribution in [3.8, 4) is 11.3 Å². The predicted molar refractivity (Wildman–Crippen MR) is 236 cm³/mol. The van der Waals surface area contributed by atoms with E-state index < -0.39 is 0 Å². The molecule has 0 aliphatic carbocycles. The van der Waals surface area contributed by atoms with Crippen LogP contribution in [0.15, 0.2) is 91.4 Å². The van der Waals surface area contributed by atoms with Gasteiger partial charge in [-0.2, -0.15) is 5.10 Å². The van der Waals surface area contributed by atoms with Crippen molar-refractivity contribution in [2.24, 2.45) is 5.92 Å². The summed E-state index contributed by atoms with van der Waals surface area (Å²) in [6, 6.07) is 24.7. The number of carbonyl (C=O) groups is 3. The molecule has 14 nitrogen and oxygen atoms in total. The molecule has 3 amide bonds. The molecule has 3 saturated heterocycles. The average Bonchev–Trinajstić information content (AvgIpc) is 3.77. The van der Waals surface area contributed by atoms with Gasteiger partial charge in [0.25, 0.3) is 5.91 Å². The van der Waals surface area contributed by atoms with E-state index in [4.69, 9.17) is 4.98 Å². The summed E-state index contributed by atoms with van der Waals surface area (Å²) in [6.45, 7) is 13.8. The number of nitrogens with one attached hydrogen (secondary N) is 4. The zero-order valence-electron chi connectivity index (χ0n) is 34.7. The van der Waals surface area contributed by atoms with Gasteiger partial charge in [-0.3, -0.25) is 29.3 Å². The van der Waals surface area contributed by atoms with Gasteiger partial charge in [0.1, 0.15) is 6.04 Å². The van der Waals surface area contributed by atoms with Crippen LogP contribution >= 0.6 is 0 Å². The maximum Gasteiger partial charge on any atom is 0.254 e. The van der Waals surface area contributed by atoms with Gasteiger partial charge in [0, 0.05) is 106 Å². The molecular formula is C46H55N11O3. The Bertz CT molecular complexity index is 2290. The molecule has 312 valence electrons. The van der Waals surface area contributed by atoms with Crippen LogP contribution in [0.25, 0.3) is 11.3 Å². The molecule has 3 fully saturated rings. The molecule has 0 spiro atoms. The summed E-state index contributed by atoms with van der Waals surface area (Å²) in [5, 5.41) is 16.4. The van der Waals surface area contributed by atoms with Gasteiger partial charge in [-0.05, 0) is 112 Å². The van der Waals surface area contributed by atoms with E-state index >= 15 is 0 Å². The van der Waals surface area contributed by atoms with Crippen molar-refractivity contribution in [3.63, 3.8) is 0 Å². The van der Waals surface area contributed by atoms with Crippen LogP contribution in [0.4, 0.5) is 28.7 Å². The second-order valence-electron chi connectivity index (χ2n) is 16.5. The Labute approximate surface area is 351 Å². The second kappa shape index (κ2) is 18.3. The molecular weight excluding hydrogens is 755 g/mol. The number of aromatic nitrogens is 4. The predicted octanol–water partition coefficient (Wildman–Crippen LogP) is 6.16. The number of anilines is 5. The second-order valence-corrected chi connectivity index (χ2v) is 16.5. The molecule has 5 aromatic rings. The molecule has 5 heterocycles. The molecule has 60 heavy (non-hydrogen) atoms. The standard InChI is InChI=1S/C46H55N11O3/c1-31(2)57-30-36(28-49-57)44(59)48-27-35-8-7-34(25-32(35)3)41-15-18-47-46(52-41)51-37-9-11-39(12-10-37)56-23-21-54(22-24-56)29-33-16-19-55(20-17-33)40-6-4-5-38(26-40)50-42-13-14-43(58)53-45(42)60/h4-12,15,18,25-26,28,30-31,33,42,50H,13-14,16-17,19-24,27,29H2,1-3H3,(H,48,59)(H,47,51,52)(H,53,58,60). The van der Waals surface area contributed by atoms with E-state index in [0.717, 1.165) is 92.4 Å². The topological polar surface area (TPSA) is 153 Å². The minimum atomic E-state index is -0.380. The first kappa shape index (κ1) is 40.5. The van der Waals surface area contributed by atoms with Crippen LogP contribution < -0.4 is 31.1 Å². The lowest BCUT2D eigenvalue weighted by Gasteiger charge is -2.40. The lowest BCUT2D eigenvalue weighted by atomic mass is 9.95. The van der Waals surface area contributed by atoms with Crippen LogP contribution in [0, 0.1) is 12.8 Å². The Balaban J connectivity index is 0.772. The number of rotatable bonds is 13. The fourth-order valence-electron chi connectivity index (χ4n) is 8.29. The highest BCUT2D eigenvalue weighted by Crippen LogP contribution is 2.29. The van der Waals surface area contributed by atoms with Crippen molar-refractivity contribution in [3.05, 3.63) is 108 Å². The summed E-state index contributed by atoms with van der Waals surface area (Å²) in [5.74, 6) is 0.624. The molecule has 0 bridgehead atoms. The third-order valence-corrected chi connectivity index (χ3v) is 11.9. The molecule has 3 aliphatic rings. The first-order valence-corrected chi connectivity index (χ1v) is 21.2. The quantitative estimate of drug-likeness (QED) is 0.101. The van der Waals surface area contributed by atoms with Crippen LogP contribution in [-0.2, 0) is 16.1 Å². The molecule has 3 aliphatic heterocycles. The van der Waals surface area contributed by atoms with Crippen LogP contribution in [0.1, 0.15) is 67.1 Å². The van der Waals surface area contributed by atoms with Crippen LogP contribution in [-0.4, -0.2) is 94.2 Å². The zero-order chi connectivity index (χ0) is 41.6. The van der Waals surface area contributed by atoms with Gasteiger partial charge in [-0.15, -0.1) is 0 Å². The summed E-state index contributed by atoms with van der Waals surface area (Å²) in [7, 11) is 0. The number of benzene rings is 3. The fourth-order valence-corrected chi connectivity index (χ4v) is 8.29. The van der Waals surface area contributed by atoms with E-state index in [1.165, 1.54) is 11.4 Å². The van der Waals surface area contributed by atoms with E-state index in [-0.39, 0.29) is 29.8 Å². The smallest absolute Gasteiger partial charge is 0.254 e. The fraction of sp³-hybridized carbons (Fsp3) is 0.391. The number of imide groups is 1. The number of hydrogen-bond acceptors (Lipinski definition) is 11. The Hall–Kier alpha value is -6.28. The molecule has 1 atom stereocenters. The third kappa shape index (κ3) is 9.94. The largest absolute Gasteiger partial charge is 0.374 e. The van der Waals surface area contributed by atoms with Gasteiger partial charge in [0.05, 0.1) is 17.5 Å². The summed E-state index contributed by atoms with van der Waals surface area (Å²) in [6.07, 6.45) is 8.35. The molecule has 0 radical (unpaired) electrons. The van der Waals surface area contributed by atoms with Gasteiger partial charge < -0.3 is 25.8 Å². The lowest BCUT2D eigenvalue weighted by molar-refractivity contribution is -0.133. The number of amides is 3. The highest BCUT2D eigenvalue weighted by atomic mass is 16.2. The number of hydrogen-bond donors (Lipinski definition) is 4. The van der Waals surface area contributed by atoms with Crippen molar-refractivity contribution >= 4 is 46.4 Å². The number of piperazine rings is 1. The van der Waals surface area contributed by atoms with Crippen molar-refractivity contribution < 1.29 is 14.4 Å². The Morgan fingerprint density at radius 2 is 1.65 bits per heavy atom. The SMILES string of the molecule is Cc1cc(-c2ccnc(Nc3ccc(N4CCN(CC5CCN(c6cccc(NC7CCC(=O)NC7=O)c6)CC5)CC4)cc3)n2)ccc1CNC(=O)c1cnn(C(C)C)c1. The molecule has 4 N–H and O–H groups in total. The molecule has 2 aromatic heterocycles. The van der Waals surface area contributed by atoms with Gasteiger partial charge in [-0.1, -0.05) is 18.2 Å². The van der Waals surface area contributed by atoms with Crippen LogP contribution in [0.2, 0.25) is 0 Å². The highest BCUT2D eigenvalue weighted by molar-refractivity contribution is 6.01. The molecule has 0 saturated carbocycles. The minimum absolute atomic E-state index is 0.142. The van der Waals surface area contributed by atoms with E-state index in [1.807, 2.05) is 51.1 Å². The number of aryl methyl sites for hydroxylation is 1. The molecule has 1 unspecified atom stereocenters. The maximum atomic E-state index is 12.7. The zero-order valence-corrected chi connectivity index (χ0v) is 34.7. The first-order valence-electron chi connectivity index (χ1n) is 21.2. The van der Waals surface area contributed by atoms with Crippen LogP contribution in [0.3, 0.4) is 0 Å². The summed E-state index contributed by atoms with van der Waals surface area (Å²) >= 11 is 0. The maximum absolute atomic E-state index is 12.7. The van der Waals surface area contributed by atoms with E-state index in [1.54, 1.807) is 23.3 Å². The Morgan fingerprint density at radius 3 is 2.38 bits per heavy atom. The summed E-state index contributed by atoms with van der Waals surface area (Å²) in [5.41, 5.74) is 8.69. The lowest BCUT2D eigenvalue weighted by Crippen LogP contribution is -2.49. The average molecular weight is 810 g/mol. The monoisotopic (exact) mass is 809 g/mol.